The van der Waals surface area contributed by atoms with E-state index in [1.54, 1.807) is 30.5 Å². The number of ether oxygens (including phenoxy) is 1. The molecule has 0 bridgehead atoms. The molecule has 0 atom stereocenters. The van der Waals surface area contributed by atoms with E-state index in [9.17, 15) is 13.2 Å². The van der Waals surface area contributed by atoms with E-state index in [0.29, 0.717) is 18.5 Å². The number of hydrogen-bond donors (Lipinski definition) is 1. The molecule has 0 aliphatic carbocycles. The van der Waals surface area contributed by atoms with Gasteiger partial charge in [0.25, 0.3) is 10.0 Å². The average Bonchev–Trinajstić information content (AvgIpc) is 2.59. The van der Waals surface area contributed by atoms with Crippen molar-refractivity contribution in [3.63, 3.8) is 0 Å². The van der Waals surface area contributed by atoms with Crippen molar-refractivity contribution < 1.29 is 17.9 Å². The molecule has 2 aromatic rings. The monoisotopic (exact) mass is 390 g/mol. The summed E-state index contributed by atoms with van der Waals surface area (Å²) < 4.78 is 34.0. The Morgan fingerprint density at radius 2 is 1.93 bits per heavy atom. The highest BCUT2D eigenvalue weighted by atomic mass is 32.2. The summed E-state index contributed by atoms with van der Waals surface area (Å²) in [5.74, 6) is 0.300. The summed E-state index contributed by atoms with van der Waals surface area (Å²) in [7, 11) is -2.48. The first kappa shape index (κ1) is 20.9. The summed E-state index contributed by atoms with van der Waals surface area (Å²) >= 11 is 0. The SMILES string of the molecule is COc1ccc(CCC(C)=O)cc1S(=O)(=O)Nc1cnccc1C(C)(C)C. The lowest BCUT2D eigenvalue weighted by Gasteiger charge is -2.23. The molecular formula is C20H26N2O4S. The topological polar surface area (TPSA) is 85.4 Å². The fraction of sp³-hybridized carbons (Fsp3) is 0.400. The van der Waals surface area contributed by atoms with Crippen LogP contribution in [-0.2, 0) is 26.7 Å². The number of carbonyl (C=O) groups excluding carboxylic acids is 1. The number of nitrogens with one attached hydrogen (secondary N) is 1. The Hall–Kier alpha value is -2.41. The van der Waals surface area contributed by atoms with E-state index in [1.165, 1.54) is 20.2 Å². The zero-order valence-corrected chi connectivity index (χ0v) is 17.2. The number of pyridine rings is 1. The van der Waals surface area contributed by atoms with Gasteiger partial charge in [-0.3, -0.25) is 9.71 Å². The standard InChI is InChI=1S/C20H26N2O4S/c1-14(23)6-7-15-8-9-18(26-5)19(12-15)27(24,25)22-17-13-21-11-10-16(17)20(2,3)4/h8-13,22H,6-7H2,1-5H3. The van der Waals surface area contributed by atoms with Crippen LogP contribution in [0.2, 0.25) is 0 Å². The Balaban J connectivity index is 2.45. The Morgan fingerprint density at radius 1 is 1.22 bits per heavy atom. The van der Waals surface area contributed by atoms with Crippen molar-refractivity contribution in [1.82, 2.24) is 4.98 Å². The molecule has 7 heteroatoms. The number of Topliss-reactive ketones (excluding diaryl/α,β-unsaturated/α-hetero) is 1. The molecule has 1 aromatic carbocycles. The Morgan fingerprint density at radius 3 is 2.52 bits per heavy atom. The fourth-order valence-electron chi connectivity index (χ4n) is 2.74. The van der Waals surface area contributed by atoms with Crippen molar-refractivity contribution in [2.24, 2.45) is 0 Å². The Bertz CT molecular complexity index is 931. The van der Waals surface area contributed by atoms with Crippen LogP contribution in [0.3, 0.4) is 0 Å². The minimum atomic E-state index is -3.90. The fourth-order valence-corrected chi connectivity index (χ4v) is 4.02. The van der Waals surface area contributed by atoms with Gasteiger partial charge in [-0.1, -0.05) is 26.8 Å². The number of aromatic nitrogens is 1. The molecule has 0 spiro atoms. The number of sulfonamides is 1. The molecule has 1 aromatic heterocycles. The highest BCUT2D eigenvalue weighted by Gasteiger charge is 2.24. The summed E-state index contributed by atoms with van der Waals surface area (Å²) in [5, 5.41) is 0. The van der Waals surface area contributed by atoms with Crippen molar-refractivity contribution in [2.75, 3.05) is 11.8 Å². The number of rotatable bonds is 7. The van der Waals surface area contributed by atoms with Crippen LogP contribution >= 0.6 is 0 Å². The van der Waals surface area contributed by atoms with Crippen LogP contribution in [0, 0.1) is 0 Å². The Labute approximate surface area is 161 Å². The zero-order chi connectivity index (χ0) is 20.2. The molecule has 0 aliphatic rings. The normalized spacial score (nSPS) is 11.9. The molecule has 2 rings (SSSR count). The number of anilines is 1. The highest BCUT2D eigenvalue weighted by molar-refractivity contribution is 7.92. The smallest absolute Gasteiger partial charge is 0.265 e. The largest absolute Gasteiger partial charge is 0.495 e. The van der Waals surface area contributed by atoms with E-state index in [4.69, 9.17) is 4.74 Å². The summed E-state index contributed by atoms with van der Waals surface area (Å²) in [6.45, 7) is 7.52. The summed E-state index contributed by atoms with van der Waals surface area (Å²) in [6.07, 6.45) is 3.98. The zero-order valence-electron chi connectivity index (χ0n) is 16.4. The lowest BCUT2D eigenvalue weighted by Crippen LogP contribution is -2.20. The van der Waals surface area contributed by atoms with Crippen molar-refractivity contribution in [3.05, 3.63) is 47.8 Å². The number of nitrogens with zero attached hydrogens (tertiary/aromatic N) is 1. The van der Waals surface area contributed by atoms with E-state index < -0.39 is 10.0 Å². The first-order chi connectivity index (χ1) is 12.5. The van der Waals surface area contributed by atoms with Gasteiger partial charge < -0.3 is 9.53 Å². The minimum absolute atomic E-state index is 0.0368. The summed E-state index contributed by atoms with van der Waals surface area (Å²) in [6, 6.07) is 6.74. The van der Waals surface area contributed by atoms with E-state index in [0.717, 1.165) is 11.1 Å². The van der Waals surface area contributed by atoms with E-state index in [1.807, 2.05) is 20.8 Å². The molecule has 0 fully saturated rings. The molecule has 27 heavy (non-hydrogen) atoms. The van der Waals surface area contributed by atoms with Crippen LogP contribution in [0.5, 0.6) is 5.75 Å². The van der Waals surface area contributed by atoms with Crippen molar-refractivity contribution in [1.29, 1.82) is 0 Å². The van der Waals surface area contributed by atoms with Crippen molar-refractivity contribution in [2.45, 2.75) is 50.8 Å². The first-order valence-corrected chi connectivity index (χ1v) is 10.2. The van der Waals surface area contributed by atoms with Crippen LogP contribution in [0.15, 0.2) is 41.6 Å². The van der Waals surface area contributed by atoms with Gasteiger partial charge >= 0.3 is 0 Å². The van der Waals surface area contributed by atoms with Gasteiger partial charge in [0.15, 0.2) is 0 Å². The van der Waals surface area contributed by atoms with Crippen LogP contribution < -0.4 is 9.46 Å². The maximum absolute atomic E-state index is 13.1. The molecule has 6 nitrogen and oxygen atoms in total. The van der Waals surface area contributed by atoms with Gasteiger partial charge in [-0.05, 0) is 48.1 Å². The number of hydrogen-bond acceptors (Lipinski definition) is 5. The molecule has 1 N–H and O–H groups in total. The summed E-state index contributed by atoms with van der Waals surface area (Å²) in [5.41, 5.74) is 1.77. The van der Waals surface area contributed by atoms with Gasteiger partial charge in [0.2, 0.25) is 0 Å². The highest BCUT2D eigenvalue weighted by Crippen LogP contribution is 2.32. The van der Waals surface area contributed by atoms with Gasteiger partial charge in [0.1, 0.15) is 16.4 Å². The average molecular weight is 391 g/mol. The lowest BCUT2D eigenvalue weighted by molar-refractivity contribution is -0.116. The van der Waals surface area contributed by atoms with Gasteiger partial charge in [-0.2, -0.15) is 0 Å². The van der Waals surface area contributed by atoms with Gasteiger partial charge in [-0.15, -0.1) is 0 Å². The van der Waals surface area contributed by atoms with Crippen LogP contribution in [0.25, 0.3) is 0 Å². The van der Waals surface area contributed by atoms with Gasteiger partial charge in [0.05, 0.1) is 19.0 Å². The molecule has 0 unspecified atom stereocenters. The van der Waals surface area contributed by atoms with Crippen LogP contribution in [-0.4, -0.2) is 26.3 Å². The number of ketones is 1. The third kappa shape index (κ3) is 5.29. The quantitative estimate of drug-likeness (QED) is 0.779. The van der Waals surface area contributed by atoms with Gasteiger partial charge in [-0.25, -0.2) is 8.42 Å². The third-order valence-corrected chi connectivity index (χ3v) is 5.54. The van der Waals surface area contributed by atoms with Crippen molar-refractivity contribution in [3.8, 4) is 5.75 Å². The molecule has 1 heterocycles. The van der Waals surface area contributed by atoms with Gasteiger partial charge in [0, 0.05) is 12.6 Å². The number of methoxy groups -OCH3 is 1. The van der Waals surface area contributed by atoms with Crippen molar-refractivity contribution >= 4 is 21.5 Å². The predicted octanol–water partition coefficient (Wildman–Crippen LogP) is 3.71. The maximum Gasteiger partial charge on any atom is 0.265 e. The predicted molar refractivity (Wildman–Crippen MR) is 106 cm³/mol. The van der Waals surface area contributed by atoms with E-state index in [-0.39, 0.29) is 21.8 Å². The molecule has 0 amide bonds. The van der Waals surface area contributed by atoms with E-state index >= 15 is 0 Å². The lowest BCUT2D eigenvalue weighted by atomic mass is 9.87. The summed E-state index contributed by atoms with van der Waals surface area (Å²) in [4.78, 5) is 15.3. The Kier molecular flexibility index (Phi) is 6.26. The number of benzene rings is 1. The maximum atomic E-state index is 13.1. The van der Waals surface area contributed by atoms with E-state index in [2.05, 4.69) is 9.71 Å². The first-order valence-electron chi connectivity index (χ1n) is 8.68. The second-order valence-electron chi connectivity index (χ2n) is 7.46. The van der Waals surface area contributed by atoms with Crippen LogP contribution in [0.1, 0.15) is 45.2 Å². The van der Waals surface area contributed by atoms with Crippen LogP contribution in [0.4, 0.5) is 5.69 Å². The molecule has 0 saturated carbocycles. The number of aryl methyl sites for hydroxylation is 1. The third-order valence-electron chi connectivity index (χ3n) is 4.16. The molecule has 0 saturated heterocycles. The minimum Gasteiger partial charge on any atom is -0.495 e. The second-order valence-corrected chi connectivity index (χ2v) is 9.11. The molecule has 146 valence electrons. The number of carbonyl (C=O) groups is 1. The molecule has 0 radical (unpaired) electrons. The second kappa shape index (κ2) is 8.08. The molecule has 0 aliphatic heterocycles. The molecular weight excluding hydrogens is 364 g/mol.